The molecule has 0 bridgehead atoms. The number of alkyl halides is 1. The van der Waals surface area contributed by atoms with E-state index >= 15 is 0 Å². The SMILES string of the molecule is CC(C)(C#N)CCCCOc1c(F)cc(CBr)cc1F. The van der Waals surface area contributed by atoms with E-state index in [-0.39, 0.29) is 17.8 Å². The molecule has 0 aliphatic rings. The Hall–Kier alpha value is -1.15. The lowest BCUT2D eigenvalue weighted by Crippen LogP contribution is -2.09. The van der Waals surface area contributed by atoms with Crippen molar-refractivity contribution < 1.29 is 13.5 Å². The van der Waals surface area contributed by atoms with Gasteiger partial charge < -0.3 is 4.74 Å². The summed E-state index contributed by atoms with van der Waals surface area (Å²) in [7, 11) is 0. The fourth-order valence-corrected chi connectivity index (χ4v) is 2.05. The molecule has 0 atom stereocenters. The highest BCUT2D eigenvalue weighted by atomic mass is 79.9. The molecule has 0 saturated carbocycles. The van der Waals surface area contributed by atoms with Gasteiger partial charge in [-0.25, -0.2) is 8.78 Å². The zero-order valence-electron chi connectivity index (χ0n) is 11.7. The van der Waals surface area contributed by atoms with Crippen molar-refractivity contribution in [3.63, 3.8) is 0 Å². The predicted molar refractivity (Wildman–Crippen MR) is 77.7 cm³/mol. The summed E-state index contributed by atoms with van der Waals surface area (Å²) in [5.41, 5.74) is 0.164. The van der Waals surface area contributed by atoms with Gasteiger partial charge in [-0.15, -0.1) is 0 Å². The second kappa shape index (κ2) is 7.58. The summed E-state index contributed by atoms with van der Waals surface area (Å²) in [5, 5.41) is 9.26. The van der Waals surface area contributed by atoms with E-state index in [9.17, 15) is 8.78 Å². The second-order valence-corrected chi connectivity index (χ2v) is 5.88. The summed E-state index contributed by atoms with van der Waals surface area (Å²) in [6.45, 7) is 3.97. The molecule has 0 aliphatic heterocycles. The van der Waals surface area contributed by atoms with E-state index in [1.165, 1.54) is 12.1 Å². The number of unbranched alkanes of at least 4 members (excludes halogenated alkanes) is 1. The maximum Gasteiger partial charge on any atom is 0.190 e. The first-order valence-electron chi connectivity index (χ1n) is 6.47. The van der Waals surface area contributed by atoms with Crippen LogP contribution in [0.4, 0.5) is 8.78 Å². The van der Waals surface area contributed by atoms with Crippen LogP contribution in [-0.2, 0) is 5.33 Å². The highest BCUT2D eigenvalue weighted by Gasteiger charge is 2.16. The summed E-state index contributed by atoms with van der Waals surface area (Å²) < 4.78 is 32.4. The smallest absolute Gasteiger partial charge is 0.190 e. The molecule has 1 rings (SSSR count). The van der Waals surface area contributed by atoms with E-state index in [1.807, 2.05) is 13.8 Å². The summed E-state index contributed by atoms with van der Waals surface area (Å²) in [5.74, 6) is -1.69. The van der Waals surface area contributed by atoms with Crippen LogP contribution < -0.4 is 4.74 Å². The molecule has 1 aromatic carbocycles. The Morgan fingerprint density at radius 1 is 1.25 bits per heavy atom. The summed E-state index contributed by atoms with van der Waals surface area (Å²) in [6, 6.07) is 4.73. The molecule has 0 radical (unpaired) electrons. The topological polar surface area (TPSA) is 33.0 Å². The van der Waals surface area contributed by atoms with Crippen LogP contribution >= 0.6 is 15.9 Å². The van der Waals surface area contributed by atoms with Gasteiger partial charge in [0.2, 0.25) is 0 Å². The maximum atomic E-state index is 13.6. The van der Waals surface area contributed by atoms with Gasteiger partial charge in [-0.1, -0.05) is 15.9 Å². The van der Waals surface area contributed by atoms with Crippen molar-refractivity contribution in [3.8, 4) is 11.8 Å². The van der Waals surface area contributed by atoms with Gasteiger partial charge in [0.05, 0.1) is 18.1 Å². The molecule has 5 heteroatoms. The zero-order valence-corrected chi connectivity index (χ0v) is 13.3. The zero-order chi connectivity index (χ0) is 15.2. The van der Waals surface area contributed by atoms with Crippen molar-refractivity contribution in [2.75, 3.05) is 6.61 Å². The molecule has 20 heavy (non-hydrogen) atoms. The van der Waals surface area contributed by atoms with Crippen molar-refractivity contribution in [2.45, 2.75) is 38.4 Å². The highest BCUT2D eigenvalue weighted by molar-refractivity contribution is 9.08. The monoisotopic (exact) mass is 345 g/mol. The fourth-order valence-electron chi connectivity index (χ4n) is 1.73. The van der Waals surface area contributed by atoms with Gasteiger partial charge in [-0.3, -0.25) is 0 Å². The standard InChI is InChI=1S/C15H18BrF2NO/c1-15(2,10-19)5-3-4-6-20-14-12(17)7-11(9-16)8-13(14)18/h7-8H,3-6,9H2,1-2H3. The van der Waals surface area contributed by atoms with Gasteiger partial charge in [-0.05, 0) is 50.8 Å². The van der Waals surface area contributed by atoms with Crippen LogP contribution in [0.5, 0.6) is 5.75 Å². The number of nitrogens with zero attached hydrogens (tertiary/aromatic N) is 1. The van der Waals surface area contributed by atoms with Crippen molar-refractivity contribution in [1.29, 1.82) is 5.26 Å². The quantitative estimate of drug-likeness (QED) is 0.516. The molecule has 0 aliphatic carbocycles. The van der Waals surface area contributed by atoms with E-state index in [4.69, 9.17) is 10.00 Å². The molecule has 1 aromatic rings. The first-order valence-corrected chi connectivity index (χ1v) is 7.59. The third kappa shape index (κ3) is 5.09. The van der Waals surface area contributed by atoms with E-state index in [2.05, 4.69) is 22.0 Å². The number of halogens is 3. The molecule has 0 unspecified atom stereocenters. The largest absolute Gasteiger partial charge is 0.488 e. The molecule has 0 saturated heterocycles. The molecule has 110 valence electrons. The van der Waals surface area contributed by atoms with Crippen molar-refractivity contribution >= 4 is 15.9 Å². The molecule has 2 nitrogen and oxygen atoms in total. The average molecular weight is 346 g/mol. The van der Waals surface area contributed by atoms with Crippen LogP contribution in [0, 0.1) is 28.4 Å². The van der Waals surface area contributed by atoms with Gasteiger partial charge in [0.25, 0.3) is 0 Å². The highest BCUT2D eigenvalue weighted by Crippen LogP contribution is 2.25. The van der Waals surface area contributed by atoms with E-state index < -0.39 is 11.6 Å². The lowest BCUT2D eigenvalue weighted by Gasteiger charge is -2.14. The van der Waals surface area contributed by atoms with Crippen LogP contribution in [0.3, 0.4) is 0 Å². The Morgan fingerprint density at radius 3 is 2.35 bits per heavy atom. The van der Waals surface area contributed by atoms with E-state index in [1.54, 1.807) is 0 Å². The summed E-state index contributed by atoms with van der Waals surface area (Å²) >= 11 is 3.15. The van der Waals surface area contributed by atoms with Gasteiger partial charge in [0.1, 0.15) is 0 Å². The average Bonchev–Trinajstić information content (AvgIpc) is 2.40. The summed E-state index contributed by atoms with van der Waals surface area (Å²) in [6.07, 6.45) is 2.17. The van der Waals surface area contributed by atoms with Gasteiger partial charge >= 0.3 is 0 Å². The van der Waals surface area contributed by atoms with Crippen LogP contribution in [0.1, 0.15) is 38.7 Å². The van der Waals surface area contributed by atoms with Crippen LogP contribution in [0.25, 0.3) is 0 Å². The Morgan fingerprint density at radius 2 is 1.85 bits per heavy atom. The maximum absolute atomic E-state index is 13.6. The first-order chi connectivity index (χ1) is 9.39. The molecule has 0 spiro atoms. The number of hydrogen-bond donors (Lipinski definition) is 0. The van der Waals surface area contributed by atoms with Gasteiger partial charge in [0, 0.05) is 5.33 Å². The lowest BCUT2D eigenvalue weighted by atomic mass is 9.89. The molecular weight excluding hydrogens is 328 g/mol. The molecule has 0 amide bonds. The number of hydrogen-bond acceptors (Lipinski definition) is 2. The molecule has 0 fully saturated rings. The van der Waals surface area contributed by atoms with Crippen molar-refractivity contribution in [1.82, 2.24) is 0 Å². The minimum absolute atomic E-state index is 0.239. The number of rotatable bonds is 7. The van der Waals surface area contributed by atoms with E-state index in [0.717, 1.165) is 12.8 Å². The van der Waals surface area contributed by atoms with Crippen molar-refractivity contribution in [3.05, 3.63) is 29.3 Å². The number of nitriles is 1. The molecular formula is C15H18BrF2NO. The second-order valence-electron chi connectivity index (χ2n) is 5.32. The third-order valence-electron chi connectivity index (χ3n) is 2.96. The Balaban J connectivity index is 2.45. The number of benzene rings is 1. The van der Waals surface area contributed by atoms with Gasteiger partial charge in [-0.2, -0.15) is 5.26 Å². The first kappa shape index (κ1) is 16.9. The minimum Gasteiger partial charge on any atom is -0.488 e. The van der Waals surface area contributed by atoms with Crippen LogP contribution in [0.15, 0.2) is 12.1 Å². The Kier molecular flexibility index (Phi) is 6.41. The lowest BCUT2D eigenvalue weighted by molar-refractivity contribution is 0.269. The van der Waals surface area contributed by atoms with Crippen LogP contribution in [0.2, 0.25) is 0 Å². The van der Waals surface area contributed by atoms with Crippen molar-refractivity contribution in [2.24, 2.45) is 5.41 Å². The van der Waals surface area contributed by atoms with Gasteiger partial charge in [0.15, 0.2) is 17.4 Å². The molecule has 0 N–H and O–H groups in total. The Labute approximate surface area is 126 Å². The fraction of sp³-hybridized carbons (Fsp3) is 0.533. The third-order valence-corrected chi connectivity index (χ3v) is 3.61. The number of ether oxygens (including phenoxy) is 1. The van der Waals surface area contributed by atoms with E-state index in [0.29, 0.717) is 17.3 Å². The van der Waals surface area contributed by atoms with Crippen LogP contribution in [-0.4, -0.2) is 6.61 Å². The minimum atomic E-state index is -0.684. The summed E-state index contributed by atoms with van der Waals surface area (Å²) in [4.78, 5) is 0. The predicted octanol–water partition coefficient (Wildman–Crippen LogP) is 4.96. The normalized spacial score (nSPS) is 11.2. The molecule has 0 aromatic heterocycles. The molecule has 0 heterocycles. The Bertz CT molecular complexity index is 474.